The second kappa shape index (κ2) is 6.93. The van der Waals surface area contributed by atoms with E-state index in [2.05, 4.69) is 24.1 Å². The molecular formula is C12H25N3O2. The van der Waals surface area contributed by atoms with Gasteiger partial charge >= 0.3 is 0 Å². The molecule has 2 atom stereocenters. The number of nitrogens with zero attached hydrogens (tertiary/aromatic N) is 1. The van der Waals surface area contributed by atoms with Crippen molar-refractivity contribution < 1.29 is 9.53 Å². The third-order valence-corrected chi connectivity index (χ3v) is 2.76. The van der Waals surface area contributed by atoms with Crippen LogP contribution in [0, 0.1) is 5.92 Å². The summed E-state index contributed by atoms with van der Waals surface area (Å²) in [7, 11) is 0. The molecule has 17 heavy (non-hydrogen) atoms. The fourth-order valence-corrected chi connectivity index (χ4v) is 1.96. The van der Waals surface area contributed by atoms with Crippen LogP contribution in [0.15, 0.2) is 0 Å². The van der Waals surface area contributed by atoms with Crippen LogP contribution in [-0.4, -0.2) is 55.7 Å². The van der Waals surface area contributed by atoms with E-state index in [-0.39, 0.29) is 12.0 Å². The van der Waals surface area contributed by atoms with Gasteiger partial charge in [0.05, 0.1) is 18.8 Å². The van der Waals surface area contributed by atoms with Gasteiger partial charge in [-0.3, -0.25) is 9.69 Å². The van der Waals surface area contributed by atoms with E-state index >= 15 is 0 Å². The zero-order chi connectivity index (χ0) is 12.8. The van der Waals surface area contributed by atoms with Crippen molar-refractivity contribution in [3.8, 4) is 0 Å². The van der Waals surface area contributed by atoms with Crippen molar-refractivity contribution in [1.29, 1.82) is 0 Å². The molecule has 100 valence electrons. The Morgan fingerprint density at radius 2 is 2.24 bits per heavy atom. The van der Waals surface area contributed by atoms with Gasteiger partial charge in [0.2, 0.25) is 5.91 Å². The molecule has 3 N–H and O–H groups in total. The van der Waals surface area contributed by atoms with Gasteiger partial charge in [0.15, 0.2) is 0 Å². The van der Waals surface area contributed by atoms with Crippen LogP contribution in [0.3, 0.4) is 0 Å². The molecule has 1 rings (SSSR count). The van der Waals surface area contributed by atoms with Gasteiger partial charge in [-0.15, -0.1) is 0 Å². The molecule has 5 nitrogen and oxygen atoms in total. The van der Waals surface area contributed by atoms with Gasteiger partial charge in [0.1, 0.15) is 0 Å². The number of nitrogens with two attached hydrogens (primary N) is 1. The lowest BCUT2D eigenvalue weighted by atomic mass is 10.2. The summed E-state index contributed by atoms with van der Waals surface area (Å²) in [6, 6.07) is -0.453. The number of hydrogen-bond acceptors (Lipinski definition) is 4. The third-order valence-electron chi connectivity index (χ3n) is 2.76. The van der Waals surface area contributed by atoms with Crippen molar-refractivity contribution in [3.63, 3.8) is 0 Å². The Bertz CT molecular complexity index is 244. The number of carbonyl (C=O) groups excluding carboxylic acids is 1. The molecule has 0 aliphatic carbocycles. The van der Waals surface area contributed by atoms with Crippen LogP contribution < -0.4 is 11.1 Å². The first-order valence-corrected chi connectivity index (χ1v) is 6.36. The summed E-state index contributed by atoms with van der Waals surface area (Å²) in [5.74, 6) is 0.544. The summed E-state index contributed by atoms with van der Waals surface area (Å²) in [6.07, 6.45) is 0.0881. The molecule has 1 heterocycles. The zero-order valence-electron chi connectivity index (χ0n) is 11.1. The minimum Gasteiger partial charge on any atom is -0.374 e. The topological polar surface area (TPSA) is 67.6 Å². The van der Waals surface area contributed by atoms with Crippen molar-refractivity contribution in [1.82, 2.24) is 10.2 Å². The highest BCUT2D eigenvalue weighted by Gasteiger charge is 2.21. The second-order valence-electron chi connectivity index (χ2n) is 5.18. The average molecular weight is 243 g/mol. The number of nitrogens with one attached hydrogen (secondary N) is 1. The van der Waals surface area contributed by atoms with Crippen LogP contribution in [0.5, 0.6) is 0 Å². The van der Waals surface area contributed by atoms with Gasteiger partial charge in [-0.25, -0.2) is 0 Å². The highest BCUT2D eigenvalue weighted by atomic mass is 16.5. The number of amides is 1. The maximum absolute atomic E-state index is 11.3. The number of ether oxygens (including phenoxy) is 1. The van der Waals surface area contributed by atoms with Crippen LogP contribution in [-0.2, 0) is 9.53 Å². The summed E-state index contributed by atoms with van der Waals surface area (Å²) in [6.45, 7) is 10.3. The molecule has 1 amide bonds. The number of hydrogen-bond donors (Lipinski definition) is 2. The lowest BCUT2D eigenvalue weighted by Gasteiger charge is -2.34. The fraction of sp³-hybridized carbons (Fsp3) is 0.917. The molecule has 5 heteroatoms. The molecule has 0 aromatic carbocycles. The molecule has 1 aliphatic heterocycles. The maximum Gasteiger partial charge on any atom is 0.236 e. The lowest BCUT2D eigenvalue weighted by Crippen LogP contribution is -2.50. The Kier molecular flexibility index (Phi) is 5.88. The van der Waals surface area contributed by atoms with Gasteiger partial charge in [0, 0.05) is 26.2 Å². The first kappa shape index (κ1) is 14.4. The second-order valence-corrected chi connectivity index (χ2v) is 5.18. The lowest BCUT2D eigenvalue weighted by molar-refractivity contribution is -0.123. The number of morpholine rings is 1. The molecule has 1 fully saturated rings. The molecule has 0 radical (unpaired) electrons. The highest BCUT2D eigenvalue weighted by molar-refractivity contribution is 5.80. The number of rotatable bonds is 5. The van der Waals surface area contributed by atoms with E-state index in [1.54, 1.807) is 6.92 Å². The van der Waals surface area contributed by atoms with Crippen molar-refractivity contribution in [2.24, 2.45) is 11.7 Å². The van der Waals surface area contributed by atoms with E-state index in [9.17, 15) is 4.79 Å². The van der Waals surface area contributed by atoms with Gasteiger partial charge in [-0.05, 0) is 12.8 Å². The fourth-order valence-electron chi connectivity index (χ4n) is 1.96. The van der Waals surface area contributed by atoms with Crippen molar-refractivity contribution in [2.75, 3.05) is 32.8 Å². The van der Waals surface area contributed by atoms with Crippen LogP contribution in [0.2, 0.25) is 0 Å². The average Bonchev–Trinajstić information content (AvgIpc) is 2.25. The summed E-state index contributed by atoms with van der Waals surface area (Å²) in [5, 5.41) is 2.81. The first-order valence-electron chi connectivity index (χ1n) is 6.36. The van der Waals surface area contributed by atoms with E-state index in [1.807, 2.05) is 0 Å². The summed E-state index contributed by atoms with van der Waals surface area (Å²) < 4.78 is 5.62. The molecule has 0 aromatic heterocycles. The van der Waals surface area contributed by atoms with Crippen LogP contribution in [0.4, 0.5) is 0 Å². The summed E-state index contributed by atoms with van der Waals surface area (Å²) >= 11 is 0. The Labute approximate surface area is 104 Å². The minimum absolute atomic E-state index is 0.0881. The molecule has 0 aromatic rings. The molecule has 0 saturated carbocycles. The van der Waals surface area contributed by atoms with Crippen molar-refractivity contribution in [2.45, 2.75) is 32.9 Å². The smallest absolute Gasteiger partial charge is 0.236 e. The monoisotopic (exact) mass is 243 g/mol. The third kappa shape index (κ3) is 5.48. The van der Waals surface area contributed by atoms with E-state index in [0.717, 1.165) is 26.2 Å². The minimum atomic E-state index is -0.453. The molecule has 2 unspecified atom stereocenters. The quantitative estimate of drug-likeness (QED) is 0.702. The Morgan fingerprint density at radius 3 is 2.82 bits per heavy atom. The largest absolute Gasteiger partial charge is 0.374 e. The predicted octanol–water partition coefficient (Wildman–Crippen LogP) is -0.193. The van der Waals surface area contributed by atoms with Crippen molar-refractivity contribution >= 4 is 5.91 Å². The van der Waals surface area contributed by atoms with Crippen LogP contribution in [0.25, 0.3) is 0 Å². The van der Waals surface area contributed by atoms with E-state index < -0.39 is 6.04 Å². The summed E-state index contributed by atoms with van der Waals surface area (Å²) in [5.41, 5.74) is 5.48. The van der Waals surface area contributed by atoms with Gasteiger partial charge < -0.3 is 15.8 Å². The van der Waals surface area contributed by atoms with Crippen LogP contribution in [0.1, 0.15) is 20.8 Å². The molecular weight excluding hydrogens is 218 g/mol. The zero-order valence-corrected chi connectivity index (χ0v) is 11.1. The summed E-state index contributed by atoms with van der Waals surface area (Å²) in [4.78, 5) is 13.7. The maximum atomic E-state index is 11.3. The standard InChI is InChI=1S/C12H25N3O2/c1-9(2)7-15-4-5-17-11(8-15)6-14-12(16)10(3)13/h9-11H,4-8,13H2,1-3H3,(H,14,16). The molecule has 0 bridgehead atoms. The highest BCUT2D eigenvalue weighted by Crippen LogP contribution is 2.07. The van der Waals surface area contributed by atoms with E-state index in [1.165, 1.54) is 0 Å². The molecule has 1 aliphatic rings. The Morgan fingerprint density at radius 1 is 1.53 bits per heavy atom. The predicted molar refractivity (Wildman–Crippen MR) is 67.7 cm³/mol. The molecule has 1 saturated heterocycles. The number of carbonyl (C=O) groups is 1. The van der Waals surface area contributed by atoms with Gasteiger partial charge in [0.25, 0.3) is 0 Å². The van der Waals surface area contributed by atoms with Crippen molar-refractivity contribution in [3.05, 3.63) is 0 Å². The van der Waals surface area contributed by atoms with E-state index in [0.29, 0.717) is 12.5 Å². The van der Waals surface area contributed by atoms with E-state index in [4.69, 9.17) is 10.5 Å². The SMILES string of the molecule is CC(C)CN1CCOC(CNC(=O)C(C)N)C1. The van der Waals surface area contributed by atoms with Crippen LogP contribution >= 0.6 is 0 Å². The Balaban J connectivity index is 2.27. The van der Waals surface area contributed by atoms with Gasteiger partial charge in [-0.2, -0.15) is 0 Å². The first-order chi connectivity index (χ1) is 7.99. The molecule has 0 spiro atoms. The van der Waals surface area contributed by atoms with Gasteiger partial charge in [-0.1, -0.05) is 13.8 Å². The Hall–Kier alpha value is -0.650. The normalized spacial score (nSPS) is 23.7.